The molecule has 0 N–H and O–H groups in total. The predicted octanol–water partition coefficient (Wildman–Crippen LogP) is 4.60. The summed E-state index contributed by atoms with van der Waals surface area (Å²) in [6, 6.07) is 0. The van der Waals surface area contributed by atoms with Crippen molar-refractivity contribution >= 4 is 0 Å². The van der Waals surface area contributed by atoms with E-state index < -0.39 is 0 Å². The molecule has 0 spiro atoms. The second-order valence-electron chi connectivity index (χ2n) is 4.72. The standard InChI is InChI=1S/C13H25/c1-3-4-9-12(2)13-10-7-5-6-8-11-13/h12-13H,1,3-11H2,2H3. The molecule has 0 aromatic carbocycles. The lowest BCUT2D eigenvalue weighted by Gasteiger charge is -2.21. The van der Waals surface area contributed by atoms with Crippen LogP contribution in [0.5, 0.6) is 0 Å². The fourth-order valence-corrected chi connectivity index (χ4v) is 2.58. The van der Waals surface area contributed by atoms with Crippen molar-refractivity contribution in [3.63, 3.8) is 0 Å². The van der Waals surface area contributed by atoms with Gasteiger partial charge >= 0.3 is 0 Å². The van der Waals surface area contributed by atoms with Crippen LogP contribution in [0.25, 0.3) is 0 Å². The van der Waals surface area contributed by atoms with E-state index in [0.29, 0.717) is 0 Å². The zero-order valence-corrected chi connectivity index (χ0v) is 9.23. The van der Waals surface area contributed by atoms with Gasteiger partial charge in [0.05, 0.1) is 0 Å². The maximum absolute atomic E-state index is 3.92. The van der Waals surface area contributed by atoms with E-state index in [1.165, 1.54) is 51.4 Å². The van der Waals surface area contributed by atoms with Gasteiger partial charge in [0.1, 0.15) is 0 Å². The molecule has 0 aliphatic heterocycles. The summed E-state index contributed by atoms with van der Waals surface area (Å²) < 4.78 is 0. The summed E-state index contributed by atoms with van der Waals surface area (Å²) in [5.74, 6) is 1.99. The molecule has 0 heterocycles. The first-order chi connectivity index (χ1) is 6.34. The van der Waals surface area contributed by atoms with E-state index in [-0.39, 0.29) is 0 Å². The van der Waals surface area contributed by atoms with Crippen molar-refractivity contribution in [1.29, 1.82) is 0 Å². The Balaban J connectivity index is 2.22. The van der Waals surface area contributed by atoms with Crippen LogP contribution < -0.4 is 0 Å². The van der Waals surface area contributed by atoms with Gasteiger partial charge in [0.15, 0.2) is 0 Å². The number of unbranched alkanes of at least 4 members (excludes halogenated alkanes) is 1. The molecule has 1 fully saturated rings. The van der Waals surface area contributed by atoms with E-state index >= 15 is 0 Å². The van der Waals surface area contributed by atoms with Gasteiger partial charge in [-0.05, 0) is 11.8 Å². The van der Waals surface area contributed by atoms with Crippen LogP contribution >= 0.6 is 0 Å². The zero-order chi connectivity index (χ0) is 9.52. The smallest absolute Gasteiger partial charge is 0.0388 e. The number of rotatable bonds is 4. The van der Waals surface area contributed by atoms with Crippen LogP contribution in [0.1, 0.15) is 64.7 Å². The topological polar surface area (TPSA) is 0 Å². The highest BCUT2D eigenvalue weighted by atomic mass is 14.2. The SMILES string of the molecule is [CH2]CCCC(C)C1CCCCCC1. The maximum atomic E-state index is 3.92. The van der Waals surface area contributed by atoms with Crippen molar-refractivity contribution in [3.05, 3.63) is 6.92 Å². The monoisotopic (exact) mass is 181 g/mol. The van der Waals surface area contributed by atoms with Crippen LogP contribution in [0, 0.1) is 18.8 Å². The van der Waals surface area contributed by atoms with Crippen LogP contribution in [0.2, 0.25) is 0 Å². The molecule has 0 amide bonds. The van der Waals surface area contributed by atoms with Crippen LogP contribution in [0.4, 0.5) is 0 Å². The van der Waals surface area contributed by atoms with E-state index in [0.717, 1.165) is 18.3 Å². The van der Waals surface area contributed by atoms with Crippen LogP contribution in [-0.2, 0) is 0 Å². The summed E-state index contributed by atoms with van der Waals surface area (Å²) in [6.07, 6.45) is 12.8. The molecule has 1 radical (unpaired) electrons. The Morgan fingerprint density at radius 2 is 1.77 bits per heavy atom. The van der Waals surface area contributed by atoms with E-state index in [1.807, 2.05) is 0 Å². The van der Waals surface area contributed by atoms with Crippen molar-refractivity contribution in [1.82, 2.24) is 0 Å². The van der Waals surface area contributed by atoms with Gasteiger partial charge in [-0.25, -0.2) is 0 Å². The van der Waals surface area contributed by atoms with Gasteiger partial charge in [-0.1, -0.05) is 71.6 Å². The molecule has 0 heteroatoms. The molecule has 1 atom stereocenters. The highest BCUT2D eigenvalue weighted by Gasteiger charge is 2.17. The van der Waals surface area contributed by atoms with Gasteiger partial charge in [0.2, 0.25) is 0 Å². The highest BCUT2D eigenvalue weighted by molar-refractivity contribution is 4.70. The summed E-state index contributed by atoms with van der Waals surface area (Å²) in [5, 5.41) is 0. The molecular weight excluding hydrogens is 156 g/mol. The minimum atomic E-state index is 0.958. The molecule has 1 aliphatic rings. The molecule has 0 nitrogen and oxygen atoms in total. The Kier molecular flexibility index (Phi) is 5.50. The Labute approximate surface area is 84.1 Å². The van der Waals surface area contributed by atoms with Crippen LogP contribution in [-0.4, -0.2) is 0 Å². The van der Waals surface area contributed by atoms with Gasteiger partial charge in [-0.15, -0.1) is 0 Å². The van der Waals surface area contributed by atoms with Gasteiger partial charge < -0.3 is 0 Å². The Morgan fingerprint density at radius 3 is 2.31 bits per heavy atom. The third-order valence-corrected chi connectivity index (χ3v) is 3.61. The minimum absolute atomic E-state index is 0.958. The second kappa shape index (κ2) is 6.45. The first kappa shape index (κ1) is 11.1. The van der Waals surface area contributed by atoms with Crippen molar-refractivity contribution < 1.29 is 0 Å². The molecule has 13 heavy (non-hydrogen) atoms. The van der Waals surface area contributed by atoms with E-state index in [9.17, 15) is 0 Å². The fourth-order valence-electron chi connectivity index (χ4n) is 2.58. The molecule has 1 unspecified atom stereocenters. The lowest BCUT2D eigenvalue weighted by molar-refractivity contribution is 0.299. The average Bonchev–Trinajstić information content (AvgIpc) is 2.42. The highest BCUT2D eigenvalue weighted by Crippen LogP contribution is 2.31. The summed E-state index contributed by atoms with van der Waals surface area (Å²) >= 11 is 0. The number of hydrogen-bond acceptors (Lipinski definition) is 0. The molecule has 0 aromatic rings. The molecular formula is C13H25. The normalized spacial score (nSPS) is 22.6. The Hall–Kier alpha value is 0. The lowest BCUT2D eigenvalue weighted by atomic mass is 9.84. The van der Waals surface area contributed by atoms with E-state index in [1.54, 1.807) is 0 Å². The van der Waals surface area contributed by atoms with Gasteiger partial charge in [0.25, 0.3) is 0 Å². The zero-order valence-electron chi connectivity index (χ0n) is 9.23. The van der Waals surface area contributed by atoms with E-state index in [2.05, 4.69) is 13.8 Å². The molecule has 1 aliphatic carbocycles. The Morgan fingerprint density at radius 1 is 1.15 bits per heavy atom. The second-order valence-corrected chi connectivity index (χ2v) is 4.72. The van der Waals surface area contributed by atoms with Crippen LogP contribution in [0.15, 0.2) is 0 Å². The first-order valence-electron chi connectivity index (χ1n) is 6.14. The van der Waals surface area contributed by atoms with Crippen molar-refractivity contribution in [3.8, 4) is 0 Å². The van der Waals surface area contributed by atoms with Gasteiger partial charge in [-0.2, -0.15) is 0 Å². The molecule has 1 rings (SSSR count). The maximum Gasteiger partial charge on any atom is -0.0388 e. The van der Waals surface area contributed by atoms with Crippen LogP contribution in [0.3, 0.4) is 0 Å². The molecule has 0 aromatic heterocycles. The average molecular weight is 181 g/mol. The third kappa shape index (κ3) is 4.15. The quantitative estimate of drug-likeness (QED) is 0.556. The fraction of sp³-hybridized carbons (Fsp3) is 0.923. The summed E-state index contributed by atoms with van der Waals surface area (Å²) in [6.45, 7) is 6.37. The van der Waals surface area contributed by atoms with E-state index in [4.69, 9.17) is 0 Å². The minimum Gasteiger partial charge on any atom is -0.0622 e. The molecule has 1 saturated carbocycles. The Bertz CT molecular complexity index is 109. The van der Waals surface area contributed by atoms with Crippen molar-refractivity contribution in [2.24, 2.45) is 11.8 Å². The molecule has 77 valence electrons. The largest absolute Gasteiger partial charge is 0.0622 e. The van der Waals surface area contributed by atoms with Gasteiger partial charge in [-0.3, -0.25) is 0 Å². The first-order valence-corrected chi connectivity index (χ1v) is 6.14. The molecule has 0 saturated heterocycles. The van der Waals surface area contributed by atoms with Crippen molar-refractivity contribution in [2.75, 3.05) is 0 Å². The summed E-state index contributed by atoms with van der Waals surface area (Å²) in [5.41, 5.74) is 0. The van der Waals surface area contributed by atoms with Gasteiger partial charge in [0, 0.05) is 0 Å². The third-order valence-electron chi connectivity index (χ3n) is 3.61. The summed E-state index contributed by atoms with van der Waals surface area (Å²) in [7, 11) is 0. The summed E-state index contributed by atoms with van der Waals surface area (Å²) in [4.78, 5) is 0. The van der Waals surface area contributed by atoms with Crippen molar-refractivity contribution in [2.45, 2.75) is 64.7 Å². The number of hydrogen-bond donors (Lipinski definition) is 0. The predicted molar refractivity (Wildman–Crippen MR) is 59.6 cm³/mol. The lowest BCUT2D eigenvalue weighted by Crippen LogP contribution is -2.10. The molecule has 0 bridgehead atoms.